The third kappa shape index (κ3) is 4.49. The third-order valence-electron chi connectivity index (χ3n) is 2.30. The number of hydrogen-bond acceptors (Lipinski definition) is 5. The molecule has 0 radical (unpaired) electrons. The van der Waals surface area contributed by atoms with Crippen molar-refractivity contribution in [3.05, 3.63) is 30.3 Å². The van der Waals surface area contributed by atoms with Crippen molar-refractivity contribution >= 4 is 13.6 Å². The third-order valence-corrected chi connectivity index (χ3v) is 4.15. The van der Waals surface area contributed by atoms with E-state index in [1.54, 1.807) is 30.3 Å². The average Bonchev–Trinajstić information content (AvgIpc) is 2.37. The van der Waals surface area contributed by atoms with E-state index in [9.17, 15) is 9.36 Å². The lowest BCUT2D eigenvalue weighted by Gasteiger charge is -2.18. The first kappa shape index (κ1) is 14.7. The Hall–Kier alpha value is -1.36. The van der Waals surface area contributed by atoms with Gasteiger partial charge in [0.15, 0.2) is 0 Å². The predicted molar refractivity (Wildman–Crippen MR) is 66.8 cm³/mol. The number of nitrogens with two attached hydrogens (primary N) is 1. The normalized spacial score (nSPS) is 15.7. The predicted octanol–water partition coefficient (Wildman–Crippen LogP) is 1.71. The van der Waals surface area contributed by atoms with Crippen molar-refractivity contribution in [2.45, 2.75) is 12.5 Å². The highest BCUT2D eigenvalue weighted by Crippen LogP contribution is 2.48. The Kier molecular flexibility index (Phi) is 5.34. The maximum atomic E-state index is 12.2. The van der Waals surface area contributed by atoms with Gasteiger partial charge in [0.25, 0.3) is 0 Å². The molecular weight excluding hydrogens is 257 g/mol. The SMILES string of the molecule is COP(=O)(CCC(N)C(=O)O)Oc1ccccc1. The molecule has 18 heavy (non-hydrogen) atoms. The van der Waals surface area contributed by atoms with Crippen LogP contribution in [0.3, 0.4) is 0 Å². The summed E-state index contributed by atoms with van der Waals surface area (Å²) in [7, 11) is -2.10. The first-order valence-electron chi connectivity index (χ1n) is 5.34. The molecule has 3 N–H and O–H groups in total. The smallest absolute Gasteiger partial charge is 0.378 e. The number of rotatable bonds is 7. The van der Waals surface area contributed by atoms with Gasteiger partial charge in [0.05, 0.1) is 6.16 Å². The quantitative estimate of drug-likeness (QED) is 0.734. The van der Waals surface area contributed by atoms with Crippen LogP contribution in [0.15, 0.2) is 30.3 Å². The van der Waals surface area contributed by atoms with Crippen LogP contribution < -0.4 is 10.3 Å². The minimum absolute atomic E-state index is 0.0211. The van der Waals surface area contributed by atoms with Gasteiger partial charge < -0.3 is 19.9 Å². The van der Waals surface area contributed by atoms with Crippen LogP contribution in [0.1, 0.15) is 6.42 Å². The summed E-state index contributed by atoms with van der Waals surface area (Å²) in [4.78, 5) is 10.6. The molecule has 2 atom stereocenters. The van der Waals surface area contributed by atoms with E-state index < -0.39 is 19.6 Å². The Morgan fingerprint density at radius 2 is 2.06 bits per heavy atom. The zero-order chi connectivity index (χ0) is 13.6. The minimum Gasteiger partial charge on any atom is -0.480 e. The van der Waals surface area contributed by atoms with Gasteiger partial charge in [-0.05, 0) is 18.6 Å². The summed E-state index contributed by atoms with van der Waals surface area (Å²) in [6.45, 7) is 0. The van der Waals surface area contributed by atoms with Crippen LogP contribution in [-0.4, -0.2) is 30.4 Å². The van der Waals surface area contributed by atoms with E-state index >= 15 is 0 Å². The molecule has 0 aliphatic carbocycles. The molecule has 0 amide bonds. The highest BCUT2D eigenvalue weighted by molar-refractivity contribution is 7.54. The molecule has 1 aromatic rings. The van der Waals surface area contributed by atoms with Gasteiger partial charge >= 0.3 is 13.6 Å². The van der Waals surface area contributed by atoms with Crippen molar-refractivity contribution < 1.29 is 23.5 Å². The number of aliphatic carboxylic acids is 1. The summed E-state index contributed by atoms with van der Waals surface area (Å²) in [5.74, 6) is -0.732. The van der Waals surface area contributed by atoms with Crippen LogP contribution in [0.4, 0.5) is 0 Å². The zero-order valence-electron chi connectivity index (χ0n) is 9.98. The highest BCUT2D eigenvalue weighted by atomic mass is 31.2. The molecule has 7 heteroatoms. The Morgan fingerprint density at radius 1 is 1.44 bits per heavy atom. The average molecular weight is 273 g/mol. The fourth-order valence-electron chi connectivity index (χ4n) is 1.24. The molecule has 0 fully saturated rings. The number of carboxylic acid groups (broad SMARTS) is 1. The van der Waals surface area contributed by atoms with Gasteiger partial charge in [-0.15, -0.1) is 0 Å². The first-order valence-corrected chi connectivity index (χ1v) is 7.07. The van der Waals surface area contributed by atoms with E-state index in [0.29, 0.717) is 5.75 Å². The van der Waals surface area contributed by atoms with Crippen molar-refractivity contribution in [2.24, 2.45) is 5.73 Å². The lowest BCUT2D eigenvalue weighted by atomic mass is 10.2. The van der Waals surface area contributed by atoms with Crippen molar-refractivity contribution in [3.63, 3.8) is 0 Å². The molecular formula is C11H16NO5P. The first-order chi connectivity index (χ1) is 8.47. The maximum Gasteiger partial charge on any atom is 0.378 e. The monoisotopic (exact) mass is 273 g/mol. The Labute approximate surface area is 105 Å². The largest absolute Gasteiger partial charge is 0.480 e. The molecule has 0 saturated heterocycles. The van der Waals surface area contributed by atoms with Gasteiger partial charge in [-0.1, -0.05) is 18.2 Å². The molecule has 6 nitrogen and oxygen atoms in total. The van der Waals surface area contributed by atoms with E-state index in [-0.39, 0.29) is 12.6 Å². The number of benzene rings is 1. The van der Waals surface area contributed by atoms with Crippen molar-refractivity contribution in [1.29, 1.82) is 0 Å². The summed E-state index contributed by atoms with van der Waals surface area (Å²) < 4.78 is 22.3. The Balaban J connectivity index is 2.63. The maximum absolute atomic E-state index is 12.2. The topological polar surface area (TPSA) is 98.9 Å². The van der Waals surface area contributed by atoms with Crippen LogP contribution in [0.5, 0.6) is 5.75 Å². The summed E-state index contributed by atoms with van der Waals surface area (Å²) in [5.41, 5.74) is 5.34. The van der Waals surface area contributed by atoms with Gasteiger partial charge in [0, 0.05) is 7.11 Å². The summed E-state index contributed by atoms with van der Waals surface area (Å²) in [6, 6.07) is 7.47. The van der Waals surface area contributed by atoms with Gasteiger partial charge in [0.1, 0.15) is 11.8 Å². The number of hydrogen-bond donors (Lipinski definition) is 2. The lowest BCUT2D eigenvalue weighted by molar-refractivity contribution is -0.138. The molecule has 0 aromatic heterocycles. The summed E-state index contributed by atoms with van der Waals surface area (Å²) >= 11 is 0. The van der Waals surface area contributed by atoms with E-state index in [1.807, 2.05) is 0 Å². The number of carboxylic acids is 1. The molecule has 1 rings (SSSR count). The van der Waals surface area contributed by atoms with Gasteiger partial charge in [0.2, 0.25) is 0 Å². The lowest BCUT2D eigenvalue weighted by Crippen LogP contribution is -2.31. The standard InChI is InChI=1S/C11H16NO5P/c1-16-18(15,8-7-10(12)11(13)14)17-9-5-3-2-4-6-9/h2-6,10H,7-8,12H2,1H3,(H,13,14). The number of para-hydroxylation sites is 1. The van der Waals surface area contributed by atoms with E-state index in [1.165, 1.54) is 7.11 Å². The van der Waals surface area contributed by atoms with Crippen molar-refractivity contribution in [3.8, 4) is 5.75 Å². The van der Waals surface area contributed by atoms with E-state index in [4.69, 9.17) is 19.9 Å². The van der Waals surface area contributed by atoms with Gasteiger partial charge in [-0.3, -0.25) is 4.79 Å². The molecule has 0 bridgehead atoms. The highest BCUT2D eigenvalue weighted by Gasteiger charge is 2.27. The van der Waals surface area contributed by atoms with Crippen LogP contribution in [-0.2, 0) is 13.9 Å². The fraction of sp³-hybridized carbons (Fsp3) is 0.364. The Bertz CT molecular complexity index is 436. The molecule has 0 aliphatic rings. The minimum atomic E-state index is -3.36. The summed E-state index contributed by atoms with van der Waals surface area (Å²) in [5, 5.41) is 8.64. The van der Waals surface area contributed by atoms with Crippen LogP contribution in [0, 0.1) is 0 Å². The second-order valence-corrected chi connectivity index (χ2v) is 5.87. The van der Waals surface area contributed by atoms with Crippen molar-refractivity contribution in [1.82, 2.24) is 0 Å². The van der Waals surface area contributed by atoms with E-state index in [0.717, 1.165) is 0 Å². The molecule has 100 valence electrons. The molecule has 0 spiro atoms. The fourth-order valence-corrected chi connectivity index (χ4v) is 2.62. The molecule has 0 heterocycles. The Morgan fingerprint density at radius 3 is 2.56 bits per heavy atom. The number of carbonyl (C=O) groups is 1. The molecule has 2 unspecified atom stereocenters. The summed E-state index contributed by atoms with van der Waals surface area (Å²) in [6.07, 6.45) is -0.0286. The van der Waals surface area contributed by atoms with Gasteiger partial charge in [-0.25, -0.2) is 4.57 Å². The van der Waals surface area contributed by atoms with Gasteiger partial charge in [-0.2, -0.15) is 0 Å². The molecule has 1 aromatic carbocycles. The van der Waals surface area contributed by atoms with Crippen LogP contribution in [0.2, 0.25) is 0 Å². The second-order valence-electron chi connectivity index (χ2n) is 3.65. The van der Waals surface area contributed by atoms with E-state index in [2.05, 4.69) is 0 Å². The van der Waals surface area contributed by atoms with Crippen LogP contribution >= 0.6 is 7.60 Å². The van der Waals surface area contributed by atoms with Crippen LogP contribution in [0.25, 0.3) is 0 Å². The van der Waals surface area contributed by atoms with Crippen molar-refractivity contribution in [2.75, 3.05) is 13.3 Å². The zero-order valence-corrected chi connectivity index (χ0v) is 10.9. The second kappa shape index (κ2) is 6.54. The molecule has 0 aliphatic heterocycles. The molecule has 0 saturated carbocycles.